The van der Waals surface area contributed by atoms with E-state index >= 15 is 0 Å². The van der Waals surface area contributed by atoms with Crippen molar-refractivity contribution in [2.45, 2.75) is 0 Å². The van der Waals surface area contributed by atoms with E-state index < -0.39 is 8.60 Å². The number of rotatable bonds is 0. The second-order valence-electron chi connectivity index (χ2n) is 0.268. The predicted octanol–water partition coefficient (Wildman–Crippen LogP) is -0.123. The van der Waals surface area contributed by atoms with Crippen molar-refractivity contribution >= 4 is 18.7 Å². The molecule has 6 heteroatoms. The van der Waals surface area contributed by atoms with Crippen molar-refractivity contribution < 1.29 is 29.8 Å². The van der Waals surface area contributed by atoms with Crippen LogP contribution in [0.25, 0.3) is 0 Å². The Kier molecular flexibility index (Phi) is 16.0. The zero-order valence-corrected chi connectivity index (χ0v) is 5.06. The van der Waals surface area contributed by atoms with Crippen LogP contribution in [0.4, 0.5) is 0 Å². The van der Waals surface area contributed by atoms with Crippen LogP contribution in [0.1, 0.15) is 0 Å². The predicted molar refractivity (Wildman–Crippen MR) is 19.4 cm³/mol. The van der Waals surface area contributed by atoms with E-state index in [4.69, 9.17) is 14.7 Å². The van der Waals surface area contributed by atoms with Crippen molar-refractivity contribution in [3.05, 3.63) is 0 Å². The Morgan fingerprint density at radius 1 is 1.17 bits per heavy atom. The van der Waals surface area contributed by atoms with Crippen LogP contribution in [0.3, 0.4) is 0 Å². The molecule has 3 N–H and O–H groups in total. The van der Waals surface area contributed by atoms with Crippen molar-refractivity contribution in [1.29, 1.82) is 0 Å². The molecule has 0 radical (unpaired) electrons. The van der Waals surface area contributed by atoms with Crippen LogP contribution in [0.2, 0.25) is 0 Å². The molecule has 44 valence electrons. The summed E-state index contributed by atoms with van der Waals surface area (Å²) in [5.41, 5.74) is 0. The summed E-state index contributed by atoms with van der Waals surface area (Å²) >= 11 is 3.66. The van der Waals surface area contributed by atoms with Crippen LogP contribution in [-0.2, 0) is 15.1 Å². The molecule has 0 bridgehead atoms. The maximum atomic E-state index is 7.23. The first-order valence-electron chi connectivity index (χ1n) is 0.714. The van der Waals surface area contributed by atoms with Crippen LogP contribution >= 0.6 is 18.7 Å². The monoisotopic (exact) mass is 180 g/mol. The Morgan fingerprint density at radius 2 is 1.17 bits per heavy atom. The molecule has 0 unspecified atom stereocenters. The van der Waals surface area contributed by atoms with Crippen molar-refractivity contribution in [2.24, 2.45) is 0 Å². The molecule has 0 heterocycles. The third-order valence-corrected chi connectivity index (χ3v) is 0. The second kappa shape index (κ2) is 9.45. The molecule has 0 saturated heterocycles. The summed E-state index contributed by atoms with van der Waals surface area (Å²) in [6, 6.07) is 0. The fourth-order valence-corrected chi connectivity index (χ4v) is 0. The Balaban J connectivity index is 0. The minimum absolute atomic E-state index is 2.62. The fourth-order valence-electron chi connectivity index (χ4n) is 0. The van der Waals surface area contributed by atoms with Gasteiger partial charge in [0, 0.05) is 0 Å². The Bertz CT molecular complexity index is 15.5. The molecule has 0 amide bonds. The minimum atomic E-state index is -2.62. The van der Waals surface area contributed by atoms with Gasteiger partial charge in [-0.2, -0.15) is 0 Å². The number of halogens is 1. The van der Waals surface area contributed by atoms with Crippen molar-refractivity contribution in [1.82, 2.24) is 0 Å². The van der Waals surface area contributed by atoms with Gasteiger partial charge in [0.05, 0.1) is 0 Å². The van der Waals surface area contributed by atoms with Gasteiger partial charge in [-0.25, -0.2) is 0 Å². The Labute approximate surface area is 49.0 Å². The zero-order valence-electron chi connectivity index (χ0n) is 2.47. The second-order valence-corrected chi connectivity index (χ2v) is 0.805. The topological polar surface area (TPSA) is 60.7 Å². The van der Waals surface area contributed by atoms with Gasteiger partial charge in [-0.3, -0.25) is 0 Å². The van der Waals surface area contributed by atoms with Gasteiger partial charge in [0.25, 0.3) is 0 Å². The SMILES string of the molecule is OP(O)O.[Cl][Cu]. The van der Waals surface area contributed by atoms with E-state index in [0.717, 1.165) is 0 Å². The molecule has 0 aliphatic carbocycles. The quantitative estimate of drug-likeness (QED) is 0.360. The van der Waals surface area contributed by atoms with E-state index in [2.05, 4.69) is 25.2 Å². The number of hydrogen-bond acceptors (Lipinski definition) is 3. The first-order chi connectivity index (χ1) is 2.73. The molecule has 0 saturated carbocycles. The van der Waals surface area contributed by atoms with Crippen molar-refractivity contribution in [3.63, 3.8) is 0 Å². The van der Waals surface area contributed by atoms with Gasteiger partial charge >= 0.3 is 33.8 Å². The molecule has 0 rings (SSSR count). The molecule has 0 spiro atoms. The van der Waals surface area contributed by atoms with E-state index in [1.54, 1.807) is 0 Å². The van der Waals surface area contributed by atoms with Gasteiger partial charge < -0.3 is 14.7 Å². The van der Waals surface area contributed by atoms with E-state index in [-0.39, 0.29) is 0 Å². The van der Waals surface area contributed by atoms with E-state index in [1.807, 2.05) is 0 Å². The van der Waals surface area contributed by atoms with Gasteiger partial charge in [-0.1, -0.05) is 0 Å². The summed E-state index contributed by atoms with van der Waals surface area (Å²) < 4.78 is 0. The molecule has 6 heavy (non-hydrogen) atoms. The summed E-state index contributed by atoms with van der Waals surface area (Å²) in [6.45, 7) is 0. The third-order valence-electron chi connectivity index (χ3n) is 0. The first kappa shape index (κ1) is 10.2. The Hall–Kier alpha value is 1.12. The van der Waals surface area contributed by atoms with E-state index in [9.17, 15) is 0 Å². The standard InChI is InChI=1S/ClH.Cu.H3O3P/c;;1-4(2)3/h1H;;1-3H/q;+1;/p-1. The summed E-state index contributed by atoms with van der Waals surface area (Å²) in [5.74, 6) is 0. The van der Waals surface area contributed by atoms with Gasteiger partial charge in [0.15, 0.2) is 0 Å². The summed E-state index contributed by atoms with van der Waals surface area (Å²) in [6.07, 6.45) is 0. The summed E-state index contributed by atoms with van der Waals surface area (Å²) in [5, 5.41) is 0. The van der Waals surface area contributed by atoms with Crippen molar-refractivity contribution in [3.8, 4) is 0 Å². The summed E-state index contributed by atoms with van der Waals surface area (Å²) in [4.78, 5) is 21.7. The molecule has 0 fully saturated rings. The molecule has 0 aromatic carbocycles. The number of hydrogen-bond donors (Lipinski definition) is 3. The van der Waals surface area contributed by atoms with Crippen LogP contribution in [0.5, 0.6) is 0 Å². The molecular weight excluding hydrogens is 178 g/mol. The van der Waals surface area contributed by atoms with E-state index in [0.29, 0.717) is 0 Å². The van der Waals surface area contributed by atoms with Gasteiger partial charge in [-0.15, -0.1) is 0 Å². The first-order valence-corrected chi connectivity index (χ1v) is 3.21. The zero-order chi connectivity index (χ0) is 5.58. The molecule has 0 aliphatic rings. The third kappa shape index (κ3) is 69.3. The average Bonchev–Trinajstić information content (AvgIpc) is 1.41. The molecule has 0 aromatic rings. The summed E-state index contributed by atoms with van der Waals surface area (Å²) in [7, 11) is 1.58. The van der Waals surface area contributed by atoms with Gasteiger partial charge in [0.1, 0.15) is 0 Å². The maximum absolute atomic E-state index is 7.23. The van der Waals surface area contributed by atoms with Crippen molar-refractivity contribution in [2.75, 3.05) is 0 Å². The van der Waals surface area contributed by atoms with Crippen LogP contribution < -0.4 is 0 Å². The van der Waals surface area contributed by atoms with Crippen LogP contribution in [-0.4, -0.2) is 14.7 Å². The van der Waals surface area contributed by atoms with Gasteiger partial charge in [0.2, 0.25) is 0 Å². The van der Waals surface area contributed by atoms with Gasteiger partial charge in [-0.05, 0) is 0 Å². The molecule has 0 aliphatic heterocycles. The van der Waals surface area contributed by atoms with Crippen LogP contribution in [0, 0.1) is 0 Å². The fraction of sp³-hybridized carbons (Fsp3) is 0. The molecule has 3 nitrogen and oxygen atoms in total. The molecule has 0 atom stereocenters. The normalized spacial score (nSPS) is 7.17. The Morgan fingerprint density at radius 3 is 1.17 bits per heavy atom. The van der Waals surface area contributed by atoms with Crippen LogP contribution in [0.15, 0.2) is 0 Å². The molecular formula is H3ClCuO3P. The molecule has 0 aromatic heterocycles. The average molecular weight is 181 g/mol. The van der Waals surface area contributed by atoms with E-state index in [1.165, 1.54) is 0 Å².